The number of allylic oxidation sites excluding steroid dienone is 3. The Labute approximate surface area is 137 Å². The minimum atomic E-state index is -2.29. The molecule has 0 radical (unpaired) electrons. The Bertz CT molecular complexity index is 296. The van der Waals surface area contributed by atoms with E-state index in [1.807, 2.05) is 6.08 Å². The van der Waals surface area contributed by atoms with Gasteiger partial charge in [0.05, 0.1) is 0 Å². The molecule has 0 saturated carbocycles. The van der Waals surface area contributed by atoms with E-state index in [0.717, 1.165) is 0 Å². The summed E-state index contributed by atoms with van der Waals surface area (Å²) in [6.45, 7) is 11.6. The van der Waals surface area contributed by atoms with Gasteiger partial charge in [-0.15, -0.1) is 0 Å². The number of aliphatic hydroxyl groups excluding tert-OH is 1. The third kappa shape index (κ3) is 7.36. The van der Waals surface area contributed by atoms with Crippen molar-refractivity contribution in [3.63, 3.8) is 0 Å². The summed E-state index contributed by atoms with van der Waals surface area (Å²) in [6.07, 6.45) is 12.6. The molecule has 0 saturated heterocycles. The Morgan fingerprint density at radius 1 is 0.905 bits per heavy atom. The molecule has 21 heavy (non-hydrogen) atoms. The molecule has 0 heterocycles. The molecule has 0 aromatic heterocycles. The molecule has 0 bridgehead atoms. The van der Waals surface area contributed by atoms with Gasteiger partial charge in [0, 0.05) is 0 Å². The first kappa shape index (κ1) is 21.2. The first-order valence-corrected chi connectivity index (χ1v) is 16.5. The van der Waals surface area contributed by atoms with Crippen molar-refractivity contribution in [3.05, 3.63) is 21.3 Å². The van der Waals surface area contributed by atoms with E-state index >= 15 is 0 Å². The van der Waals surface area contributed by atoms with Gasteiger partial charge in [-0.2, -0.15) is 0 Å². The van der Waals surface area contributed by atoms with Gasteiger partial charge in [0.25, 0.3) is 0 Å². The van der Waals surface area contributed by atoms with Gasteiger partial charge in [0.15, 0.2) is 0 Å². The predicted octanol–water partition coefficient (Wildman–Crippen LogP) is 6.26. The van der Waals surface area contributed by atoms with Gasteiger partial charge < -0.3 is 0 Å². The number of aliphatic hydroxyl groups is 1. The summed E-state index contributed by atoms with van der Waals surface area (Å²) in [5.74, 6) is 0. The monoisotopic (exact) mass is 402 g/mol. The molecule has 0 spiro atoms. The van der Waals surface area contributed by atoms with Crippen molar-refractivity contribution in [3.8, 4) is 0 Å². The molecule has 1 N–H and O–H groups in total. The average Bonchev–Trinajstić information content (AvgIpc) is 2.49. The normalized spacial score (nSPS) is 13.8. The van der Waals surface area contributed by atoms with Crippen LogP contribution < -0.4 is 0 Å². The van der Waals surface area contributed by atoms with E-state index in [-0.39, 0.29) is 6.61 Å². The number of hydrogen-bond acceptors (Lipinski definition) is 1. The SMILES string of the molecule is C/C=[C](\C(C)=C\CO)[Sn]([CH2]CCC)([CH2]CCC)[CH2]CCC. The van der Waals surface area contributed by atoms with E-state index in [4.69, 9.17) is 0 Å². The van der Waals surface area contributed by atoms with Crippen LogP contribution in [-0.2, 0) is 0 Å². The molecule has 1 nitrogen and oxygen atoms in total. The van der Waals surface area contributed by atoms with Gasteiger partial charge in [-0.05, 0) is 0 Å². The standard InChI is InChI=1S/C7H11O.3C4H9.Sn/c1-3-4-7(2)5-6-8;3*1-3-4-2;/h3,5,8H,6H2,1-2H3;3*1,3-4H2,2H3;/b4-3?,7-5+;;;;. The van der Waals surface area contributed by atoms with Gasteiger partial charge in [0.1, 0.15) is 0 Å². The van der Waals surface area contributed by atoms with Crippen LogP contribution in [0.2, 0.25) is 13.3 Å². The second kappa shape index (κ2) is 12.8. The van der Waals surface area contributed by atoms with Crippen LogP contribution in [0.1, 0.15) is 73.1 Å². The first-order valence-electron chi connectivity index (χ1n) is 9.06. The van der Waals surface area contributed by atoms with Gasteiger partial charge in [-0.25, -0.2) is 0 Å². The molecular formula is C19H38OSn. The number of rotatable bonds is 12. The van der Waals surface area contributed by atoms with E-state index in [1.54, 1.807) is 3.59 Å². The van der Waals surface area contributed by atoms with Crippen LogP contribution in [-0.4, -0.2) is 30.1 Å². The molecule has 2 heteroatoms. The zero-order valence-corrected chi connectivity index (χ0v) is 18.0. The maximum atomic E-state index is 9.29. The van der Waals surface area contributed by atoms with Crippen molar-refractivity contribution >= 4 is 18.4 Å². The maximum absolute atomic E-state index is 9.29. The second-order valence-electron chi connectivity index (χ2n) is 6.36. The molecule has 124 valence electrons. The van der Waals surface area contributed by atoms with Crippen molar-refractivity contribution < 1.29 is 5.11 Å². The van der Waals surface area contributed by atoms with E-state index in [0.29, 0.717) is 0 Å². The summed E-state index contributed by atoms with van der Waals surface area (Å²) in [5.41, 5.74) is 1.37. The summed E-state index contributed by atoms with van der Waals surface area (Å²) >= 11 is -2.29. The summed E-state index contributed by atoms with van der Waals surface area (Å²) in [5, 5.41) is 9.29. The Kier molecular flexibility index (Phi) is 12.9. The van der Waals surface area contributed by atoms with Crippen LogP contribution in [0.15, 0.2) is 21.3 Å². The molecule has 0 fully saturated rings. The third-order valence-corrected chi connectivity index (χ3v) is 21.1. The van der Waals surface area contributed by atoms with Gasteiger partial charge in [-0.3, -0.25) is 0 Å². The summed E-state index contributed by atoms with van der Waals surface area (Å²) in [7, 11) is 0. The van der Waals surface area contributed by atoms with Gasteiger partial charge in [0.2, 0.25) is 0 Å². The number of unbranched alkanes of at least 4 members (excludes halogenated alkanes) is 3. The zero-order chi connectivity index (χ0) is 16.1. The molecule has 0 aliphatic rings. The van der Waals surface area contributed by atoms with Crippen LogP contribution in [0.4, 0.5) is 0 Å². The van der Waals surface area contributed by atoms with Crippen molar-refractivity contribution in [2.24, 2.45) is 0 Å². The molecule has 0 aliphatic heterocycles. The summed E-state index contributed by atoms with van der Waals surface area (Å²) < 4.78 is 6.21. The van der Waals surface area contributed by atoms with Crippen molar-refractivity contribution in [2.75, 3.05) is 6.61 Å². The summed E-state index contributed by atoms with van der Waals surface area (Å²) in [4.78, 5) is 0. The van der Waals surface area contributed by atoms with Crippen molar-refractivity contribution in [2.45, 2.75) is 86.5 Å². The van der Waals surface area contributed by atoms with Crippen LogP contribution in [0.5, 0.6) is 0 Å². The minimum absolute atomic E-state index is 0.181. The van der Waals surface area contributed by atoms with Gasteiger partial charge in [-0.1, -0.05) is 0 Å². The van der Waals surface area contributed by atoms with Crippen LogP contribution in [0.25, 0.3) is 0 Å². The fourth-order valence-electron chi connectivity index (χ4n) is 3.52. The average molecular weight is 401 g/mol. The van der Waals surface area contributed by atoms with E-state index in [2.05, 4.69) is 40.7 Å². The Balaban J connectivity index is 5.49. The predicted molar refractivity (Wildman–Crippen MR) is 99.5 cm³/mol. The topological polar surface area (TPSA) is 20.2 Å². The van der Waals surface area contributed by atoms with Crippen LogP contribution >= 0.6 is 0 Å². The molecular weight excluding hydrogens is 363 g/mol. The van der Waals surface area contributed by atoms with Crippen LogP contribution in [0, 0.1) is 0 Å². The van der Waals surface area contributed by atoms with E-state index in [9.17, 15) is 5.11 Å². The molecule has 0 atom stereocenters. The second-order valence-corrected chi connectivity index (χ2v) is 19.5. The van der Waals surface area contributed by atoms with Crippen molar-refractivity contribution in [1.29, 1.82) is 0 Å². The molecule has 0 rings (SSSR count). The molecule has 0 unspecified atom stereocenters. The molecule has 0 amide bonds. The summed E-state index contributed by atoms with van der Waals surface area (Å²) in [6, 6.07) is 0. The fraction of sp³-hybridized carbons (Fsp3) is 0.789. The zero-order valence-electron chi connectivity index (χ0n) is 15.2. The first-order chi connectivity index (χ1) is 10.1. The van der Waals surface area contributed by atoms with Crippen molar-refractivity contribution in [1.82, 2.24) is 0 Å². The Morgan fingerprint density at radius 3 is 1.62 bits per heavy atom. The Morgan fingerprint density at radius 2 is 1.33 bits per heavy atom. The van der Waals surface area contributed by atoms with Crippen LogP contribution in [0.3, 0.4) is 0 Å². The molecule has 0 aliphatic carbocycles. The van der Waals surface area contributed by atoms with Gasteiger partial charge >= 0.3 is 138 Å². The third-order valence-electron chi connectivity index (χ3n) is 4.71. The molecule has 0 aromatic carbocycles. The van der Waals surface area contributed by atoms with E-state index < -0.39 is 18.4 Å². The van der Waals surface area contributed by atoms with E-state index in [1.165, 1.54) is 57.4 Å². The quantitative estimate of drug-likeness (QED) is 0.302. The number of hydrogen-bond donors (Lipinski definition) is 1. The molecule has 0 aromatic rings. The Hall–Kier alpha value is 0.239. The fourth-order valence-corrected chi connectivity index (χ4v) is 21.2.